The number of rotatable bonds is 3. The van der Waals surface area contributed by atoms with Crippen LogP contribution in [0.3, 0.4) is 0 Å². The van der Waals surface area contributed by atoms with Crippen molar-refractivity contribution in [2.24, 2.45) is 4.99 Å². The predicted octanol–water partition coefficient (Wildman–Crippen LogP) is 2.16. The number of fused-ring (bicyclic) bond motifs is 1. The number of carbonyl (C=O) groups excluding carboxylic acids is 1. The molecule has 25 heavy (non-hydrogen) atoms. The van der Waals surface area contributed by atoms with Crippen molar-refractivity contribution < 1.29 is 9.18 Å². The molecule has 1 heterocycles. The quantitative estimate of drug-likeness (QED) is 0.674. The summed E-state index contributed by atoms with van der Waals surface area (Å²) in [6.07, 6.45) is 5.60. The Morgan fingerprint density at radius 3 is 2.80 bits per heavy atom. The number of carbonyl (C=O) groups is 1. The maximum absolute atomic E-state index is 13.6. The zero-order valence-electron chi connectivity index (χ0n) is 15.1. The molecule has 0 atom stereocenters. The van der Waals surface area contributed by atoms with E-state index in [0.717, 1.165) is 37.3 Å². The van der Waals surface area contributed by atoms with E-state index in [-0.39, 0.29) is 18.3 Å². The summed E-state index contributed by atoms with van der Waals surface area (Å²) in [5.74, 6) is 0.553. The highest BCUT2D eigenvalue weighted by Gasteiger charge is 2.23. The lowest BCUT2D eigenvalue weighted by molar-refractivity contribution is -0.127. The smallest absolute Gasteiger partial charge is 0.243 e. The first-order valence-corrected chi connectivity index (χ1v) is 9.06. The van der Waals surface area contributed by atoms with Crippen molar-refractivity contribution in [3.05, 3.63) is 35.1 Å². The van der Waals surface area contributed by atoms with Gasteiger partial charge in [-0.1, -0.05) is 18.9 Å². The molecule has 1 saturated carbocycles. The third-order valence-corrected chi connectivity index (χ3v) is 5.03. The van der Waals surface area contributed by atoms with Crippen LogP contribution in [-0.2, 0) is 17.8 Å². The standard InChI is InChI=1S/C19H27FN4O/c1-23(2)18(25)12-21-19(22-17-5-3-4-6-17)24-10-9-14-7-8-16(20)11-15(14)13-24/h7-8,11,17H,3-6,9-10,12-13H2,1-2H3,(H,21,22). The molecule has 2 aliphatic rings. The molecule has 1 amide bonds. The molecule has 1 aromatic carbocycles. The van der Waals surface area contributed by atoms with Crippen LogP contribution in [0.2, 0.25) is 0 Å². The summed E-state index contributed by atoms with van der Waals surface area (Å²) in [5.41, 5.74) is 2.20. The minimum absolute atomic E-state index is 0.0193. The van der Waals surface area contributed by atoms with Crippen molar-refractivity contribution in [1.29, 1.82) is 0 Å². The minimum atomic E-state index is -0.203. The molecule has 0 spiro atoms. The molecule has 0 aromatic heterocycles. The van der Waals surface area contributed by atoms with Gasteiger partial charge < -0.3 is 15.1 Å². The summed E-state index contributed by atoms with van der Waals surface area (Å²) in [4.78, 5) is 20.2. The van der Waals surface area contributed by atoms with Crippen molar-refractivity contribution in [2.45, 2.75) is 44.7 Å². The molecule has 1 fully saturated rings. The van der Waals surface area contributed by atoms with E-state index in [1.165, 1.54) is 24.5 Å². The second kappa shape index (κ2) is 7.85. The van der Waals surface area contributed by atoms with Crippen LogP contribution in [0.15, 0.2) is 23.2 Å². The Labute approximate surface area is 148 Å². The Morgan fingerprint density at radius 2 is 2.08 bits per heavy atom. The van der Waals surface area contributed by atoms with E-state index in [2.05, 4.69) is 15.2 Å². The number of nitrogens with one attached hydrogen (secondary N) is 1. The van der Waals surface area contributed by atoms with Gasteiger partial charge >= 0.3 is 0 Å². The minimum Gasteiger partial charge on any atom is -0.353 e. The highest BCUT2D eigenvalue weighted by Crippen LogP contribution is 2.22. The van der Waals surface area contributed by atoms with Crippen LogP contribution in [0, 0.1) is 5.82 Å². The summed E-state index contributed by atoms with van der Waals surface area (Å²) in [5, 5.41) is 3.54. The number of hydrogen-bond donors (Lipinski definition) is 1. The lowest BCUT2D eigenvalue weighted by Gasteiger charge is -2.33. The molecular weight excluding hydrogens is 319 g/mol. The van der Waals surface area contributed by atoms with E-state index in [1.54, 1.807) is 25.1 Å². The van der Waals surface area contributed by atoms with Crippen molar-refractivity contribution in [3.63, 3.8) is 0 Å². The molecule has 1 N–H and O–H groups in total. The zero-order chi connectivity index (χ0) is 17.8. The van der Waals surface area contributed by atoms with Crippen LogP contribution in [0.4, 0.5) is 4.39 Å². The van der Waals surface area contributed by atoms with Crippen molar-refractivity contribution in [3.8, 4) is 0 Å². The Kier molecular flexibility index (Phi) is 5.56. The van der Waals surface area contributed by atoms with E-state index in [1.807, 2.05) is 6.07 Å². The van der Waals surface area contributed by atoms with Gasteiger partial charge in [0.05, 0.1) is 0 Å². The normalized spacial score (nSPS) is 18.2. The lowest BCUT2D eigenvalue weighted by Crippen LogP contribution is -2.47. The Morgan fingerprint density at radius 1 is 1.32 bits per heavy atom. The van der Waals surface area contributed by atoms with E-state index in [4.69, 9.17) is 0 Å². The third kappa shape index (κ3) is 4.50. The average molecular weight is 346 g/mol. The van der Waals surface area contributed by atoms with Crippen LogP contribution in [0.25, 0.3) is 0 Å². The first-order chi connectivity index (χ1) is 12.0. The predicted molar refractivity (Wildman–Crippen MR) is 96.9 cm³/mol. The van der Waals surface area contributed by atoms with Gasteiger partial charge in [-0.15, -0.1) is 0 Å². The molecule has 3 rings (SSSR count). The van der Waals surface area contributed by atoms with Gasteiger partial charge in [-0.05, 0) is 42.5 Å². The van der Waals surface area contributed by atoms with Gasteiger partial charge in [0.2, 0.25) is 5.91 Å². The first kappa shape index (κ1) is 17.7. The topological polar surface area (TPSA) is 47.9 Å². The molecule has 5 nitrogen and oxygen atoms in total. The second-order valence-corrected chi connectivity index (χ2v) is 7.14. The molecule has 0 saturated heterocycles. The van der Waals surface area contributed by atoms with Crippen molar-refractivity contribution >= 4 is 11.9 Å². The number of aliphatic imine (C=N–C) groups is 1. The highest BCUT2D eigenvalue weighted by molar-refractivity contribution is 5.85. The summed E-state index contributed by atoms with van der Waals surface area (Å²) in [7, 11) is 3.48. The SMILES string of the molecule is CN(C)C(=O)CN=C(NC1CCCC1)N1CCc2ccc(F)cc2C1. The maximum Gasteiger partial charge on any atom is 0.243 e. The molecular formula is C19H27FN4O. The monoisotopic (exact) mass is 346 g/mol. The summed E-state index contributed by atoms with van der Waals surface area (Å²) in [6.45, 7) is 1.59. The van der Waals surface area contributed by atoms with Gasteiger partial charge in [0.15, 0.2) is 5.96 Å². The lowest BCUT2D eigenvalue weighted by atomic mass is 10.00. The van der Waals surface area contributed by atoms with Gasteiger partial charge in [-0.25, -0.2) is 9.38 Å². The van der Waals surface area contributed by atoms with E-state index >= 15 is 0 Å². The number of hydrogen-bond acceptors (Lipinski definition) is 2. The van der Waals surface area contributed by atoms with Crippen molar-refractivity contribution in [1.82, 2.24) is 15.1 Å². The Bertz CT molecular complexity index is 653. The van der Waals surface area contributed by atoms with Crippen LogP contribution in [0.5, 0.6) is 0 Å². The van der Waals surface area contributed by atoms with E-state index in [9.17, 15) is 9.18 Å². The molecule has 0 unspecified atom stereocenters. The Hall–Kier alpha value is -2.11. The summed E-state index contributed by atoms with van der Waals surface area (Å²) >= 11 is 0. The molecule has 136 valence electrons. The highest BCUT2D eigenvalue weighted by atomic mass is 19.1. The van der Waals surface area contributed by atoms with Crippen molar-refractivity contribution in [2.75, 3.05) is 27.2 Å². The molecule has 0 radical (unpaired) electrons. The number of nitrogens with zero attached hydrogens (tertiary/aromatic N) is 3. The van der Waals surface area contributed by atoms with Gasteiger partial charge in [-0.2, -0.15) is 0 Å². The maximum atomic E-state index is 13.6. The Balaban J connectivity index is 1.76. The fraction of sp³-hybridized carbons (Fsp3) is 0.579. The van der Waals surface area contributed by atoms with E-state index in [0.29, 0.717) is 12.6 Å². The number of guanidine groups is 1. The van der Waals surface area contributed by atoms with Gasteiger partial charge in [0, 0.05) is 33.2 Å². The molecule has 0 bridgehead atoms. The summed E-state index contributed by atoms with van der Waals surface area (Å²) in [6, 6.07) is 5.43. The van der Waals surface area contributed by atoms with Gasteiger partial charge in [-0.3, -0.25) is 4.79 Å². The van der Waals surface area contributed by atoms with Gasteiger partial charge in [0.25, 0.3) is 0 Å². The van der Waals surface area contributed by atoms with Crippen LogP contribution in [0.1, 0.15) is 36.8 Å². The fourth-order valence-electron chi connectivity index (χ4n) is 3.48. The molecule has 1 aliphatic carbocycles. The number of benzene rings is 1. The largest absolute Gasteiger partial charge is 0.353 e. The number of likely N-dealkylation sites (N-methyl/N-ethyl adjacent to an activating group) is 1. The first-order valence-electron chi connectivity index (χ1n) is 9.06. The summed E-state index contributed by atoms with van der Waals surface area (Å²) < 4.78 is 13.6. The van der Waals surface area contributed by atoms with Crippen LogP contribution in [-0.4, -0.2) is 54.9 Å². The number of halogens is 1. The third-order valence-electron chi connectivity index (χ3n) is 5.03. The molecule has 1 aliphatic heterocycles. The fourth-order valence-corrected chi connectivity index (χ4v) is 3.48. The van der Waals surface area contributed by atoms with Crippen LogP contribution >= 0.6 is 0 Å². The number of amides is 1. The molecule has 1 aromatic rings. The average Bonchev–Trinajstić information content (AvgIpc) is 3.10. The zero-order valence-corrected chi connectivity index (χ0v) is 15.1. The second-order valence-electron chi connectivity index (χ2n) is 7.14. The van der Waals surface area contributed by atoms with Crippen LogP contribution < -0.4 is 5.32 Å². The van der Waals surface area contributed by atoms with E-state index < -0.39 is 0 Å². The molecule has 6 heteroatoms. The van der Waals surface area contributed by atoms with Gasteiger partial charge in [0.1, 0.15) is 12.4 Å².